The van der Waals surface area contributed by atoms with E-state index >= 15 is 0 Å². The Bertz CT molecular complexity index is 1410. The van der Waals surface area contributed by atoms with Crippen molar-refractivity contribution in [1.82, 2.24) is 20.3 Å². The molecule has 0 aliphatic rings. The molecule has 0 aliphatic carbocycles. The van der Waals surface area contributed by atoms with Crippen LogP contribution in [0.1, 0.15) is 5.76 Å². The van der Waals surface area contributed by atoms with E-state index in [0.717, 1.165) is 26.0 Å². The van der Waals surface area contributed by atoms with Gasteiger partial charge in [0, 0.05) is 20.2 Å². The molecule has 3 aromatic heterocycles. The minimum absolute atomic E-state index is 0.262. The van der Waals surface area contributed by atoms with Crippen LogP contribution in [0.5, 0.6) is 0 Å². The Morgan fingerprint density at radius 1 is 0.844 bits per heavy atom. The third kappa shape index (κ3) is 4.53. The van der Waals surface area contributed by atoms with E-state index in [1.165, 1.54) is 0 Å². The summed E-state index contributed by atoms with van der Waals surface area (Å²) in [6.07, 6.45) is 1.55. The van der Waals surface area contributed by atoms with Crippen LogP contribution in [0.3, 0.4) is 0 Å². The molecular weight excluding hydrogens is 542 g/mol. The highest BCUT2D eigenvalue weighted by Crippen LogP contribution is 2.26. The molecule has 0 saturated carbocycles. The first-order chi connectivity index (χ1) is 15.6. The van der Waals surface area contributed by atoms with Gasteiger partial charge >= 0.3 is 0 Å². The molecule has 9 nitrogen and oxygen atoms in total. The molecule has 2 N–H and O–H groups in total. The Hall–Kier alpha value is -3.57. The van der Waals surface area contributed by atoms with Crippen molar-refractivity contribution in [1.29, 1.82) is 0 Å². The Kier molecular flexibility index (Phi) is 5.65. The predicted molar refractivity (Wildman–Crippen MR) is 128 cm³/mol. The SMILES string of the molecule is Brc1ccc(-c2ccc(/C=N/Nc3nc4nonc4nc3Nc3cccc(Br)c3)o2)cc1. The van der Waals surface area contributed by atoms with Crippen molar-refractivity contribution >= 4 is 66.7 Å². The summed E-state index contributed by atoms with van der Waals surface area (Å²) in [4.78, 5) is 8.80. The number of hydrogen-bond donors (Lipinski definition) is 2. The average Bonchev–Trinajstić information content (AvgIpc) is 3.44. The lowest BCUT2D eigenvalue weighted by Crippen LogP contribution is -2.03. The molecule has 0 fully saturated rings. The zero-order chi connectivity index (χ0) is 21.9. The standard InChI is InChI=1S/C21H13Br2N7O2/c22-13-6-4-12(5-7-13)17-9-8-16(31-17)11-24-28-19-18(25-15-3-1-2-14(23)10-15)26-20-21(27-19)30-32-29-20/h1-11H,(H,25,26,29)(H,27,28,30)/b24-11+. The number of hydrogen-bond acceptors (Lipinski definition) is 9. The molecule has 2 aromatic carbocycles. The van der Waals surface area contributed by atoms with Crippen LogP contribution >= 0.6 is 31.9 Å². The highest BCUT2D eigenvalue weighted by Gasteiger charge is 2.13. The molecule has 11 heteroatoms. The van der Waals surface area contributed by atoms with Gasteiger partial charge in [0.15, 0.2) is 11.6 Å². The Labute approximate surface area is 198 Å². The summed E-state index contributed by atoms with van der Waals surface area (Å²) in [5, 5.41) is 14.9. The zero-order valence-corrected chi connectivity index (χ0v) is 19.3. The number of anilines is 3. The number of nitrogens with zero attached hydrogens (tertiary/aromatic N) is 5. The van der Waals surface area contributed by atoms with Gasteiger partial charge in [-0.2, -0.15) is 10.1 Å². The first-order valence-corrected chi connectivity index (χ1v) is 10.9. The Morgan fingerprint density at radius 2 is 1.62 bits per heavy atom. The molecule has 0 spiro atoms. The molecule has 3 heterocycles. The molecule has 5 rings (SSSR count). The fourth-order valence-electron chi connectivity index (χ4n) is 2.85. The fraction of sp³-hybridized carbons (Fsp3) is 0. The normalized spacial score (nSPS) is 11.3. The van der Waals surface area contributed by atoms with Gasteiger partial charge in [-0.05, 0) is 52.8 Å². The van der Waals surface area contributed by atoms with Gasteiger partial charge in [-0.3, -0.25) is 5.43 Å². The van der Waals surface area contributed by atoms with Crippen molar-refractivity contribution < 1.29 is 9.05 Å². The first-order valence-electron chi connectivity index (χ1n) is 9.32. The van der Waals surface area contributed by atoms with Crippen LogP contribution in [0, 0.1) is 0 Å². The van der Waals surface area contributed by atoms with Crippen molar-refractivity contribution in [2.75, 3.05) is 10.7 Å². The predicted octanol–water partition coefficient (Wildman–Crippen LogP) is 5.99. The van der Waals surface area contributed by atoms with E-state index < -0.39 is 0 Å². The summed E-state index contributed by atoms with van der Waals surface area (Å²) in [5.41, 5.74) is 5.20. The Morgan fingerprint density at radius 3 is 2.41 bits per heavy atom. The van der Waals surface area contributed by atoms with Crippen LogP contribution in [0.25, 0.3) is 22.6 Å². The third-order valence-corrected chi connectivity index (χ3v) is 5.34. The molecule has 0 atom stereocenters. The first kappa shape index (κ1) is 20.3. The van der Waals surface area contributed by atoms with E-state index in [0.29, 0.717) is 17.4 Å². The Balaban J connectivity index is 1.37. The molecule has 5 aromatic rings. The quantitative estimate of drug-likeness (QED) is 0.194. The van der Waals surface area contributed by atoms with Crippen LogP contribution in [-0.2, 0) is 0 Å². The number of furan rings is 1. The number of fused-ring (bicyclic) bond motifs is 1. The van der Waals surface area contributed by atoms with Gasteiger partial charge in [-0.1, -0.05) is 50.1 Å². The summed E-state index contributed by atoms with van der Waals surface area (Å²) >= 11 is 6.88. The van der Waals surface area contributed by atoms with Gasteiger partial charge in [0.05, 0.1) is 6.21 Å². The minimum atomic E-state index is 0.262. The summed E-state index contributed by atoms with van der Waals surface area (Å²) in [5.74, 6) is 2.09. The van der Waals surface area contributed by atoms with Gasteiger partial charge in [0.1, 0.15) is 11.5 Å². The van der Waals surface area contributed by atoms with E-state index in [-0.39, 0.29) is 11.3 Å². The zero-order valence-electron chi connectivity index (χ0n) is 16.2. The topological polar surface area (TPSA) is 114 Å². The molecule has 0 unspecified atom stereocenters. The van der Waals surface area contributed by atoms with Crippen molar-refractivity contribution in [2.24, 2.45) is 5.10 Å². The molecule has 0 aliphatic heterocycles. The van der Waals surface area contributed by atoms with Crippen LogP contribution < -0.4 is 10.7 Å². The smallest absolute Gasteiger partial charge is 0.245 e. The number of benzene rings is 2. The van der Waals surface area contributed by atoms with Crippen molar-refractivity contribution in [3.63, 3.8) is 0 Å². The fourth-order valence-corrected chi connectivity index (χ4v) is 3.52. The number of nitrogens with one attached hydrogen (secondary N) is 2. The molecule has 0 amide bonds. The highest BCUT2D eigenvalue weighted by molar-refractivity contribution is 9.10. The average molecular weight is 555 g/mol. The number of rotatable bonds is 6. The number of halogens is 2. The second-order valence-electron chi connectivity index (χ2n) is 6.55. The van der Waals surface area contributed by atoms with Crippen molar-refractivity contribution in [3.05, 3.63) is 75.4 Å². The van der Waals surface area contributed by atoms with Gasteiger partial charge in [0.25, 0.3) is 0 Å². The number of hydrazone groups is 1. The highest BCUT2D eigenvalue weighted by atomic mass is 79.9. The van der Waals surface area contributed by atoms with Gasteiger partial charge < -0.3 is 9.73 Å². The molecule has 0 radical (unpaired) electrons. The van der Waals surface area contributed by atoms with E-state index in [9.17, 15) is 0 Å². The van der Waals surface area contributed by atoms with Crippen molar-refractivity contribution in [2.45, 2.75) is 0 Å². The van der Waals surface area contributed by atoms with E-state index in [1.54, 1.807) is 6.21 Å². The van der Waals surface area contributed by atoms with Gasteiger partial charge in [-0.15, -0.1) is 0 Å². The van der Waals surface area contributed by atoms with Crippen LogP contribution in [0.15, 0.2) is 83.8 Å². The molecule has 0 saturated heterocycles. The third-order valence-electron chi connectivity index (χ3n) is 4.32. The maximum Gasteiger partial charge on any atom is 0.245 e. The molecule has 32 heavy (non-hydrogen) atoms. The summed E-state index contributed by atoms with van der Waals surface area (Å²) < 4.78 is 12.5. The lowest BCUT2D eigenvalue weighted by atomic mass is 10.2. The van der Waals surface area contributed by atoms with E-state index in [4.69, 9.17) is 9.05 Å². The van der Waals surface area contributed by atoms with Crippen LogP contribution in [0.4, 0.5) is 17.3 Å². The largest absolute Gasteiger partial charge is 0.455 e. The summed E-state index contributed by atoms with van der Waals surface area (Å²) in [6, 6.07) is 19.2. The lowest BCUT2D eigenvalue weighted by Gasteiger charge is -2.09. The maximum atomic E-state index is 5.85. The maximum absolute atomic E-state index is 5.85. The van der Waals surface area contributed by atoms with Gasteiger partial charge in [-0.25, -0.2) is 9.61 Å². The van der Waals surface area contributed by atoms with Crippen molar-refractivity contribution in [3.8, 4) is 11.3 Å². The van der Waals surface area contributed by atoms with Crippen LogP contribution in [-0.4, -0.2) is 26.5 Å². The lowest BCUT2D eigenvalue weighted by molar-refractivity contribution is 0.314. The second kappa shape index (κ2) is 8.89. The van der Waals surface area contributed by atoms with E-state index in [1.807, 2.05) is 60.7 Å². The van der Waals surface area contributed by atoms with Gasteiger partial charge in [0.2, 0.25) is 11.3 Å². The van der Waals surface area contributed by atoms with E-state index in [2.05, 4.69) is 68.0 Å². The molecule has 158 valence electrons. The number of aromatic nitrogens is 4. The van der Waals surface area contributed by atoms with Crippen LogP contribution in [0.2, 0.25) is 0 Å². The summed E-state index contributed by atoms with van der Waals surface area (Å²) in [6.45, 7) is 0. The summed E-state index contributed by atoms with van der Waals surface area (Å²) in [7, 11) is 0. The monoisotopic (exact) mass is 553 g/mol. The second-order valence-corrected chi connectivity index (χ2v) is 8.38. The minimum Gasteiger partial charge on any atom is -0.455 e. The molecular formula is C21H13Br2N7O2. The molecule has 0 bridgehead atoms.